The van der Waals surface area contributed by atoms with Gasteiger partial charge >= 0.3 is 0 Å². The van der Waals surface area contributed by atoms with E-state index in [9.17, 15) is 0 Å². The van der Waals surface area contributed by atoms with Crippen LogP contribution in [0.2, 0.25) is 0 Å². The van der Waals surface area contributed by atoms with Crippen LogP contribution >= 0.6 is 15.9 Å². The number of rotatable bonds is 3. The molecule has 0 spiro atoms. The molecule has 0 atom stereocenters. The minimum Gasteiger partial charge on any atom is -0.453 e. The Bertz CT molecular complexity index is 805. The molecule has 0 radical (unpaired) electrons. The second-order valence-corrected chi connectivity index (χ2v) is 5.57. The van der Waals surface area contributed by atoms with Gasteiger partial charge in [0.05, 0.1) is 11.2 Å². The SMILES string of the molecule is CCc1ccc(Oc2ccnc3cc(Br)cnc23)c(N)c1. The van der Waals surface area contributed by atoms with Crippen molar-refractivity contribution < 1.29 is 4.74 Å². The van der Waals surface area contributed by atoms with Crippen molar-refractivity contribution in [1.82, 2.24) is 9.97 Å². The summed E-state index contributed by atoms with van der Waals surface area (Å²) in [5, 5.41) is 0. The molecule has 0 aliphatic heterocycles. The number of aryl methyl sites for hydroxylation is 1. The number of pyridine rings is 2. The molecule has 0 bridgehead atoms. The topological polar surface area (TPSA) is 61.0 Å². The first-order valence-electron chi connectivity index (χ1n) is 6.64. The van der Waals surface area contributed by atoms with Crippen LogP contribution in [-0.4, -0.2) is 9.97 Å². The van der Waals surface area contributed by atoms with Gasteiger partial charge in [0.2, 0.25) is 0 Å². The number of benzene rings is 1. The normalized spacial score (nSPS) is 10.8. The van der Waals surface area contributed by atoms with Gasteiger partial charge in [0.15, 0.2) is 5.75 Å². The summed E-state index contributed by atoms with van der Waals surface area (Å²) >= 11 is 3.39. The molecule has 0 fully saturated rings. The van der Waals surface area contributed by atoms with Gasteiger partial charge in [-0.1, -0.05) is 13.0 Å². The molecule has 0 unspecified atom stereocenters. The van der Waals surface area contributed by atoms with Gasteiger partial charge in [0.1, 0.15) is 11.3 Å². The first kappa shape index (κ1) is 13.8. The number of hydrogen-bond acceptors (Lipinski definition) is 4. The summed E-state index contributed by atoms with van der Waals surface area (Å²) in [4.78, 5) is 8.66. The molecule has 2 N–H and O–H groups in total. The summed E-state index contributed by atoms with van der Waals surface area (Å²) < 4.78 is 6.80. The lowest BCUT2D eigenvalue weighted by Crippen LogP contribution is -1.95. The minimum atomic E-state index is 0.622. The molecule has 1 aromatic carbocycles. The maximum atomic E-state index is 6.04. The zero-order chi connectivity index (χ0) is 14.8. The molecule has 0 saturated heterocycles. The predicted molar refractivity (Wildman–Crippen MR) is 87.5 cm³/mol. The van der Waals surface area contributed by atoms with Gasteiger partial charge in [0.25, 0.3) is 0 Å². The molecule has 0 aliphatic carbocycles. The first-order valence-corrected chi connectivity index (χ1v) is 7.43. The van der Waals surface area contributed by atoms with E-state index >= 15 is 0 Å². The average molecular weight is 344 g/mol. The van der Waals surface area contributed by atoms with Gasteiger partial charge in [-0.3, -0.25) is 4.98 Å². The van der Waals surface area contributed by atoms with E-state index in [0.29, 0.717) is 22.7 Å². The van der Waals surface area contributed by atoms with Crippen molar-refractivity contribution in [3.05, 3.63) is 52.8 Å². The summed E-state index contributed by atoms with van der Waals surface area (Å²) in [6.45, 7) is 2.09. The Labute approximate surface area is 131 Å². The van der Waals surface area contributed by atoms with Crippen LogP contribution in [0.15, 0.2) is 47.2 Å². The molecule has 2 aromatic heterocycles. The fraction of sp³-hybridized carbons (Fsp3) is 0.125. The maximum absolute atomic E-state index is 6.04. The lowest BCUT2D eigenvalue weighted by Gasteiger charge is -2.11. The van der Waals surface area contributed by atoms with Crippen LogP contribution in [0.5, 0.6) is 11.5 Å². The fourth-order valence-electron chi connectivity index (χ4n) is 2.09. The molecular weight excluding hydrogens is 330 g/mol. The number of nitrogens with two attached hydrogens (primary N) is 1. The minimum absolute atomic E-state index is 0.622. The van der Waals surface area contributed by atoms with Gasteiger partial charge in [-0.15, -0.1) is 0 Å². The zero-order valence-electron chi connectivity index (χ0n) is 11.5. The highest BCUT2D eigenvalue weighted by molar-refractivity contribution is 9.10. The van der Waals surface area contributed by atoms with E-state index in [-0.39, 0.29) is 0 Å². The monoisotopic (exact) mass is 343 g/mol. The average Bonchev–Trinajstić information content (AvgIpc) is 2.49. The highest BCUT2D eigenvalue weighted by atomic mass is 79.9. The number of ether oxygens (including phenoxy) is 1. The predicted octanol–water partition coefficient (Wildman–Crippen LogP) is 4.33. The molecule has 3 aromatic rings. The summed E-state index contributed by atoms with van der Waals surface area (Å²) in [5.41, 5.74) is 9.33. The van der Waals surface area contributed by atoms with Crippen LogP contribution in [0.25, 0.3) is 11.0 Å². The van der Waals surface area contributed by atoms with Crippen molar-refractivity contribution in [2.24, 2.45) is 0 Å². The third-order valence-electron chi connectivity index (χ3n) is 3.21. The Kier molecular flexibility index (Phi) is 3.75. The molecule has 21 heavy (non-hydrogen) atoms. The number of aromatic nitrogens is 2. The van der Waals surface area contributed by atoms with E-state index in [4.69, 9.17) is 10.5 Å². The van der Waals surface area contributed by atoms with E-state index in [2.05, 4.69) is 32.8 Å². The highest BCUT2D eigenvalue weighted by Gasteiger charge is 2.08. The van der Waals surface area contributed by atoms with Crippen LogP contribution in [0.4, 0.5) is 5.69 Å². The Morgan fingerprint density at radius 3 is 2.76 bits per heavy atom. The third-order valence-corrected chi connectivity index (χ3v) is 3.64. The lowest BCUT2D eigenvalue weighted by atomic mass is 10.1. The summed E-state index contributed by atoms with van der Waals surface area (Å²) in [6.07, 6.45) is 4.36. The number of anilines is 1. The standard InChI is InChI=1S/C16H14BrN3O/c1-2-10-3-4-14(12(18)7-10)21-15-5-6-19-13-8-11(17)9-20-16(13)15/h3-9H,2,18H2,1H3. The van der Waals surface area contributed by atoms with Crippen LogP contribution < -0.4 is 10.5 Å². The number of halogens is 1. The van der Waals surface area contributed by atoms with Crippen molar-refractivity contribution in [3.63, 3.8) is 0 Å². The Hall–Kier alpha value is -2.14. The van der Waals surface area contributed by atoms with Crippen molar-refractivity contribution in [2.75, 3.05) is 5.73 Å². The quantitative estimate of drug-likeness (QED) is 0.719. The molecule has 3 rings (SSSR count). The molecule has 106 valence electrons. The van der Waals surface area contributed by atoms with Crippen molar-refractivity contribution in [2.45, 2.75) is 13.3 Å². The van der Waals surface area contributed by atoms with E-state index in [1.807, 2.05) is 24.3 Å². The van der Waals surface area contributed by atoms with Crippen LogP contribution in [-0.2, 0) is 6.42 Å². The van der Waals surface area contributed by atoms with Crippen molar-refractivity contribution in [3.8, 4) is 11.5 Å². The third kappa shape index (κ3) is 2.83. The summed E-state index contributed by atoms with van der Waals surface area (Å²) in [5.74, 6) is 1.27. The van der Waals surface area contributed by atoms with Gasteiger partial charge in [-0.25, -0.2) is 4.98 Å². The van der Waals surface area contributed by atoms with E-state index in [0.717, 1.165) is 16.4 Å². The Morgan fingerprint density at radius 1 is 1.14 bits per heavy atom. The molecule has 4 nitrogen and oxygen atoms in total. The Balaban J connectivity index is 2.02. The van der Waals surface area contributed by atoms with Gasteiger partial charge in [-0.05, 0) is 46.1 Å². The second-order valence-electron chi connectivity index (χ2n) is 4.66. The molecular formula is C16H14BrN3O. The molecule has 5 heteroatoms. The number of nitrogens with zero attached hydrogens (tertiary/aromatic N) is 2. The van der Waals surface area contributed by atoms with Crippen molar-refractivity contribution >= 4 is 32.7 Å². The van der Waals surface area contributed by atoms with Gasteiger partial charge < -0.3 is 10.5 Å². The summed E-state index contributed by atoms with van der Waals surface area (Å²) in [6, 6.07) is 9.52. The maximum Gasteiger partial charge on any atom is 0.156 e. The van der Waals surface area contributed by atoms with E-state index < -0.39 is 0 Å². The fourth-order valence-corrected chi connectivity index (χ4v) is 2.41. The molecule has 2 heterocycles. The molecule has 0 saturated carbocycles. The van der Waals surface area contributed by atoms with Crippen LogP contribution in [0.3, 0.4) is 0 Å². The zero-order valence-corrected chi connectivity index (χ0v) is 13.1. The van der Waals surface area contributed by atoms with Crippen LogP contribution in [0, 0.1) is 0 Å². The first-order chi connectivity index (χ1) is 10.2. The van der Waals surface area contributed by atoms with Gasteiger partial charge in [-0.2, -0.15) is 0 Å². The van der Waals surface area contributed by atoms with E-state index in [1.54, 1.807) is 18.5 Å². The summed E-state index contributed by atoms with van der Waals surface area (Å²) in [7, 11) is 0. The number of fused-ring (bicyclic) bond motifs is 1. The molecule has 0 aliphatic rings. The Morgan fingerprint density at radius 2 is 2.00 bits per heavy atom. The van der Waals surface area contributed by atoms with Crippen molar-refractivity contribution in [1.29, 1.82) is 0 Å². The number of nitrogen functional groups attached to an aromatic ring is 1. The highest BCUT2D eigenvalue weighted by Crippen LogP contribution is 2.32. The van der Waals surface area contributed by atoms with Gasteiger partial charge in [0, 0.05) is 22.9 Å². The largest absolute Gasteiger partial charge is 0.453 e. The van der Waals surface area contributed by atoms with Crippen LogP contribution in [0.1, 0.15) is 12.5 Å². The number of hydrogen-bond donors (Lipinski definition) is 1. The lowest BCUT2D eigenvalue weighted by molar-refractivity contribution is 0.489. The molecule has 0 amide bonds. The van der Waals surface area contributed by atoms with E-state index in [1.165, 1.54) is 5.56 Å². The second kappa shape index (κ2) is 5.69. The smallest absolute Gasteiger partial charge is 0.156 e.